The molecule has 19 heavy (non-hydrogen) atoms. The summed E-state index contributed by atoms with van der Waals surface area (Å²) in [5.74, 6) is 2.36. The maximum atomic E-state index is 10.1. The second-order valence-electron chi connectivity index (χ2n) is 7.40. The van der Waals surface area contributed by atoms with E-state index in [0.717, 1.165) is 30.6 Å². The number of benzene rings is 1. The van der Waals surface area contributed by atoms with Crippen LogP contribution in [0.5, 0.6) is 0 Å². The molecule has 0 bridgehead atoms. The highest BCUT2D eigenvalue weighted by atomic mass is 16.3. The predicted octanol–water partition coefficient (Wildman–Crippen LogP) is 3.90. The largest absolute Gasteiger partial charge is 0.393 e. The average molecular weight is 256 g/mol. The van der Waals surface area contributed by atoms with E-state index < -0.39 is 0 Å². The van der Waals surface area contributed by atoms with Crippen LogP contribution in [0.2, 0.25) is 0 Å². The molecule has 1 N–H and O–H groups in total. The molecule has 5 atom stereocenters. The maximum absolute atomic E-state index is 10.1. The van der Waals surface area contributed by atoms with Crippen LogP contribution < -0.4 is 0 Å². The first kappa shape index (κ1) is 12.0. The van der Waals surface area contributed by atoms with Gasteiger partial charge < -0.3 is 5.11 Å². The normalized spacial score (nSPS) is 44.3. The number of rotatable bonds is 0. The van der Waals surface area contributed by atoms with Crippen LogP contribution in [0.3, 0.4) is 0 Å². The van der Waals surface area contributed by atoms with Crippen molar-refractivity contribution in [2.45, 2.75) is 57.5 Å². The van der Waals surface area contributed by atoms with E-state index in [1.165, 1.54) is 25.7 Å². The van der Waals surface area contributed by atoms with Gasteiger partial charge in [0.2, 0.25) is 0 Å². The van der Waals surface area contributed by atoms with Crippen LogP contribution in [-0.4, -0.2) is 11.2 Å². The number of fused-ring (bicyclic) bond motifs is 5. The first-order chi connectivity index (χ1) is 9.17. The van der Waals surface area contributed by atoms with Crippen molar-refractivity contribution in [3.63, 3.8) is 0 Å². The molecule has 0 saturated heterocycles. The highest BCUT2D eigenvalue weighted by Gasteiger charge is 2.52. The molecule has 2 saturated carbocycles. The van der Waals surface area contributed by atoms with Crippen molar-refractivity contribution in [1.82, 2.24) is 0 Å². The van der Waals surface area contributed by atoms with Gasteiger partial charge in [-0.1, -0.05) is 31.2 Å². The monoisotopic (exact) mass is 256 g/mol. The van der Waals surface area contributed by atoms with Gasteiger partial charge in [0.1, 0.15) is 0 Å². The molecule has 102 valence electrons. The van der Waals surface area contributed by atoms with Crippen molar-refractivity contribution in [2.24, 2.45) is 17.3 Å². The van der Waals surface area contributed by atoms with Crippen LogP contribution >= 0.6 is 0 Å². The summed E-state index contributed by atoms with van der Waals surface area (Å²) in [4.78, 5) is 0. The lowest BCUT2D eigenvalue weighted by Gasteiger charge is -2.49. The minimum absolute atomic E-state index is 0.0362. The van der Waals surface area contributed by atoms with Crippen LogP contribution in [0.25, 0.3) is 0 Å². The molecule has 1 aromatic carbocycles. The third kappa shape index (κ3) is 1.71. The topological polar surface area (TPSA) is 20.2 Å². The molecule has 3 aliphatic rings. The van der Waals surface area contributed by atoms with Crippen molar-refractivity contribution in [3.8, 4) is 0 Å². The summed E-state index contributed by atoms with van der Waals surface area (Å²) in [7, 11) is 0. The standard InChI is InChI=1S/C18H24O/c1-18-9-8-15-14-5-3-2-4-12(14)6-7-16(15)17(18)10-13(19)11-18/h2-5,13,15-17,19H,6-11H2,1H3/t13?,15-,16-,17+,18+/m1/s1. The number of hydrogen-bond acceptors (Lipinski definition) is 1. The van der Waals surface area contributed by atoms with Gasteiger partial charge in [-0.25, -0.2) is 0 Å². The first-order valence-electron chi connectivity index (χ1n) is 7.93. The van der Waals surface area contributed by atoms with E-state index in [0.29, 0.717) is 5.41 Å². The molecule has 1 heteroatoms. The zero-order chi connectivity index (χ0) is 13.0. The summed E-state index contributed by atoms with van der Waals surface area (Å²) < 4.78 is 0. The summed E-state index contributed by atoms with van der Waals surface area (Å²) in [6, 6.07) is 9.08. The molecule has 0 aromatic heterocycles. The van der Waals surface area contributed by atoms with E-state index in [9.17, 15) is 5.11 Å². The second-order valence-corrected chi connectivity index (χ2v) is 7.40. The number of aliphatic hydroxyl groups excluding tert-OH is 1. The van der Waals surface area contributed by atoms with E-state index in [4.69, 9.17) is 0 Å². The number of aliphatic hydroxyl groups is 1. The Balaban J connectivity index is 1.71. The van der Waals surface area contributed by atoms with Gasteiger partial charge in [0.15, 0.2) is 0 Å². The molecule has 1 aromatic rings. The third-order valence-corrected chi connectivity index (χ3v) is 6.38. The summed E-state index contributed by atoms with van der Waals surface area (Å²) in [6.45, 7) is 2.44. The molecule has 0 radical (unpaired) electrons. The van der Waals surface area contributed by atoms with E-state index in [2.05, 4.69) is 31.2 Å². The highest BCUT2D eigenvalue weighted by molar-refractivity contribution is 5.34. The Morgan fingerprint density at radius 1 is 1.21 bits per heavy atom. The van der Waals surface area contributed by atoms with Gasteiger partial charge in [0, 0.05) is 0 Å². The lowest BCUT2D eigenvalue weighted by atomic mass is 9.56. The van der Waals surface area contributed by atoms with Crippen molar-refractivity contribution in [1.29, 1.82) is 0 Å². The molecule has 3 aliphatic carbocycles. The maximum Gasteiger partial charge on any atom is 0.0548 e. The Morgan fingerprint density at radius 2 is 2.05 bits per heavy atom. The molecule has 2 fully saturated rings. The minimum Gasteiger partial charge on any atom is -0.393 e. The highest BCUT2D eigenvalue weighted by Crippen LogP contribution is 2.60. The van der Waals surface area contributed by atoms with Gasteiger partial charge in [-0.05, 0) is 72.8 Å². The van der Waals surface area contributed by atoms with Crippen molar-refractivity contribution < 1.29 is 5.11 Å². The fourth-order valence-corrected chi connectivity index (χ4v) is 5.54. The van der Waals surface area contributed by atoms with E-state index in [1.807, 2.05) is 0 Å². The zero-order valence-corrected chi connectivity index (χ0v) is 11.8. The van der Waals surface area contributed by atoms with Crippen LogP contribution in [0, 0.1) is 17.3 Å². The Labute approximate surface area is 116 Å². The molecule has 0 aliphatic heterocycles. The van der Waals surface area contributed by atoms with Gasteiger partial charge in [-0.2, -0.15) is 0 Å². The molecule has 4 rings (SSSR count). The fraction of sp³-hybridized carbons (Fsp3) is 0.667. The Bertz CT molecular complexity index is 494. The molecule has 0 amide bonds. The van der Waals surface area contributed by atoms with Gasteiger partial charge in [0.05, 0.1) is 6.10 Å². The summed E-state index contributed by atoms with van der Waals surface area (Å²) in [5, 5.41) is 10.1. The van der Waals surface area contributed by atoms with Crippen molar-refractivity contribution in [2.75, 3.05) is 0 Å². The van der Waals surface area contributed by atoms with E-state index in [-0.39, 0.29) is 6.10 Å². The SMILES string of the molecule is C[C@@]12CC[C@@H]3c4ccccc4CC[C@H]3[C@@H]1CC(O)C2. The van der Waals surface area contributed by atoms with Crippen LogP contribution in [0.1, 0.15) is 56.1 Å². The average Bonchev–Trinajstić information content (AvgIpc) is 2.73. The molecule has 0 heterocycles. The number of aryl methyl sites for hydroxylation is 1. The third-order valence-electron chi connectivity index (χ3n) is 6.38. The lowest BCUT2D eigenvalue weighted by molar-refractivity contribution is 0.0596. The summed E-state index contributed by atoms with van der Waals surface area (Å²) in [6.07, 6.45) is 7.30. The smallest absolute Gasteiger partial charge is 0.0548 e. The van der Waals surface area contributed by atoms with Crippen LogP contribution in [-0.2, 0) is 6.42 Å². The lowest BCUT2D eigenvalue weighted by Crippen LogP contribution is -2.39. The second kappa shape index (κ2) is 4.09. The Kier molecular flexibility index (Phi) is 2.57. The molecule has 0 spiro atoms. The van der Waals surface area contributed by atoms with Gasteiger partial charge >= 0.3 is 0 Å². The number of hydrogen-bond donors (Lipinski definition) is 1. The van der Waals surface area contributed by atoms with Gasteiger partial charge in [-0.3, -0.25) is 0 Å². The van der Waals surface area contributed by atoms with Gasteiger partial charge in [0.25, 0.3) is 0 Å². The molecular formula is C18H24O. The summed E-state index contributed by atoms with van der Waals surface area (Å²) in [5.41, 5.74) is 3.64. The Hall–Kier alpha value is -0.820. The van der Waals surface area contributed by atoms with E-state index >= 15 is 0 Å². The quantitative estimate of drug-likeness (QED) is 0.746. The molecule has 1 nitrogen and oxygen atoms in total. The van der Waals surface area contributed by atoms with Crippen LogP contribution in [0.4, 0.5) is 0 Å². The van der Waals surface area contributed by atoms with Crippen LogP contribution in [0.15, 0.2) is 24.3 Å². The predicted molar refractivity (Wildman–Crippen MR) is 77.1 cm³/mol. The zero-order valence-electron chi connectivity index (χ0n) is 11.8. The fourth-order valence-electron chi connectivity index (χ4n) is 5.54. The molecule has 1 unspecified atom stereocenters. The minimum atomic E-state index is -0.0362. The summed E-state index contributed by atoms with van der Waals surface area (Å²) >= 11 is 0. The van der Waals surface area contributed by atoms with Gasteiger partial charge in [-0.15, -0.1) is 0 Å². The molecular weight excluding hydrogens is 232 g/mol. The van der Waals surface area contributed by atoms with Crippen molar-refractivity contribution in [3.05, 3.63) is 35.4 Å². The first-order valence-corrected chi connectivity index (χ1v) is 7.93. The Morgan fingerprint density at radius 3 is 2.95 bits per heavy atom. The van der Waals surface area contributed by atoms with Crippen molar-refractivity contribution >= 4 is 0 Å². The van der Waals surface area contributed by atoms with E-state index in [1.54, 1.807) is 11.1 Å².